The summed E-state index contributed by atoms with van der Waals surface area (Å²) in [5, 5.41) is 3.80. The Morgan fingerprint density at radius 2 is 2.50 bits per heavy atom. The average Bonchev–Trinajstić information content (AvgIpc) is 2.44. The van der Waals surface area contributed by atoms with Gasteiger partial charge < -0.3 is 9.88 Å². The van der Waals surface area contributed by atoms with Gasteiger partial charge in [-0.2, -0.15) is 0 Å². The van der Waals surface area contributed by atoms with Gasteiger partial charge in [-0.3, -0.25) is 0 Å². The molecule has 1 aromatic heterocycles. The number of aromatic nitrogens is 2. The Labute approximate surface area is 97.0 Å². The van der Waals surface area contributed by atoms with Gasteiger partial charge in [-0.05, 0) is 53.8 Å². The average molecular weight is 279 g/mol. The van der Waals surface area contributed by atoms with E-state index in [1.54, 1.807) is 0 Å². The molecule has 2 rings (SSSR count). The van der Waals surface area contributed by atoms with Crippen LogP contribution in [0.3, 0.4) is 0 Å². The lowest BCUT2D eigenvalue weighted by Gasteiger charge is -2.26. The van der Waals surface area contributed by atoms with Gasteiger partial charge in [0.1, 0.15) is 4.60 Å². The Balaban J connectivity index is 2.37. The summed E-state index contributed by atoms with van der Waals surface area (Å²) in [4.78, 5) is 4.24. The summed E-state index contributed by atoms with van der Waals surface area (Å²) in [5.74, 6) is 0. The summed E-state index contributed by atoms with van der Waals surface area (Å²) in [7, 11) is 1.97. The Kier molecular flexibility index (Phi) is 3.14. The molecule has 1 aliphatic heterocycles. The van der Waals surface area contributed by atoms with Crippen LogP contribution >= 0.6 is 27.5 Å². The summed E-state index contributed by atoms with van der Waals surface area (Å²) in [6.45, 7) is 0.954. The van der Waals surface area contributed by atoms with E-state index in [1.807, 2.05) is 7.05 Å². The highest BCUT2D eigenvalue weighted by atomic mass is 79.9. The molecule has 14 heavy (non-hydrogen) atoms. The van der Waals surface area contributed by atoms with E-state index >= 15 is 0 Å². The summed E-state index contributed by atoms with van der Waals surface area (Å²) in [5.41, 5.74) is 1.24. The molecule has 1 unspecified atom stereocenters. The Morgan fingerprint density at radius 1 is 1.71 bits per heavy atom. The van der Waals surface area contributed by atoms with E-state index in [-0.39, 0.29) is 0 Å². The van der Waals surface area contributed by atoms with Crippen molar-refractivity contribution in [2.24, 2.45) is 0 Å². The van der Waals surface area contributed by atoms with E-state index in [2.05, 4.69) is 30.8 Å². The normalized spacial score (nSPS) is 20.9. The number of nitrogens with one attached hydrogen (secondary N) is 1. The van der Waals surface area contributed by atoms with Crippen molar-refractivity contribution in [2.45, 2.75) is 25.3 Å². The number of halogens is 2. The molecule has 1 atom stereocenters. The van der Waals surface area contributed by atoms with Gasteiger partial charge in [0.2, 0.25) is 5.28 Å². The molecule has 0 amide bonds. The molecule has 1 aromatic rings. The molecule has 0 saturated carbocycles. The highest BCUT2D eigenvalue weighted by molar-refractivity contribution is 9.10. The van der Waals surface area contributed by atoms with Gasteiger partial charge in [0.05, 0.1) is 5.69 Å². The second-order valence-electron chi connectivity index (χ2n) is 3.59. The Morgan fingerprint density at radius 3 is 3.21 bits per heavy atom. The van der Waals surface area contributed by atoms with Crippen LogP contribution in [0.5, 0.6) is 0 Å². The lowest BCUT2D eigenvalue weighted by atomic mass is 10.0. The number of hydrogen-bond donors (Lipinski definition) is 1. The molecule has 1 N–H and O–H groups in total. The van der Waals surface area contributed by atoms with Crippen molar-refractivity contribution in [3.05, 3.63) is 15.6 Å². The maximum atomic E-state index is 6.09. The fourth-order valence-electron chi connectivity index (χ4n) is 2.07. The molecule has 0 aliphatic carbocycles. The molecule has 0 radical (unpaired) electrons. The van der Waals surface area contributed by atoms with E-state index in [1.165, 1.54) is 18.5 Å². The molecule has 3 nitrogen and oxygen atoms in total. The smallest absolute Gasteiger partial charge is 0.204 e. The molecular weight excluding hydrogens is 265 g/mol. The molecule has 0 spiro atoms. The number of likely N-dealkylation sites (N-methyl/N-ethyl adjacent to an activating group) is 1. The number of fused-ring (bicyclic) bond motifs is 1. The standard InChI is InChI=1S/C9H13BrClN3/c1-12-5-6-3-2-4-7-8(10)13-9(11)14(6)7/h6,12H,2-5H2,1H3. The van der Waals surface area contributed by atoms with Gasteiger partial charge in [0.25, 0.3) is 0 Å². The largest absolute Gasteiger partial charge is 0.318 e. The minimum absolute atomic E-state index is 0.454. The van der Waals surface area contributed by atoms with Gasteiger partial charge in [0.15, 0.2) is 0 Å². The van der Waals surface area contributed by atoms with Gasteiger partial charge in [-0.15, -0.1) is 0 Å². The van der Waals surface area contributed by atoms with Gasteiger partial charge in [-0.1, -0.05) is 0 Å². The van der Waals surface area contributed by atoms with E-state index in [0.717, 1.165) is 17.6 Å². The molecule has 0 aromatic carbocycles. The fourth-order valence-corrected chi connectivity index (χ4v) is 3.05. The van der Waals surface area contributed by atoms with Crippen LogP contribution in [0.4, 0.5) is 0 Å². The fraction of sp³-hybridized carbons (Fsp3) is 0.667. The number of rotatable bonds is 2. The Hall–Kier alpha value is -0.0600. The van der Waals surface area contributed by atoms with Crippen LogP contribution in [0.15, 0.2) is 4.60 Å². The highest BCUT2D eigenvalue weighted by Gasteiger charge is 2.24. The lowest BCUT2D eigenvalue weighted by Crippen LogP contribution is -2.26. The van der Waals surface area contributed by atoms with E-state index < -0.39 is 0 Å². The van der Waals surface area contributed by atoms with E-state index in [0.29, 0.717) is 11.3 Å². The molecule has 0 saturated heterocycles. The molecule has 1 aliphatic rings. The van der Waals surface area contributed by atoms with Crippen LogP contribution in [-0.2, 0) is 6.42 Å². The number of hydrogen-bond acceptors (Lipinski definition) is 2. The van der Waals surface area contributed by atoms with Crippen molar-refractivity contribution >= 4 is 27.5 Å². The molecule has 0 bridgehead atoms. The first-order chi connectivity index (χ1) is 6.74. The predicted octanol–water partition coefficient (Wildman–Crippen LogP) is 2.40. The lowest BCUT2D eigenvalue weighted by molar-refractivity contribution is 0.390. The SMILES string of the molecule is CNCC1CCCc2c(Br)nc(Cl)n21. The molecule has 2 heterocycles. The van der Waals surface area contributed by atoms with E-state index in [9.17, 15) is 0 Å². The molecule has 78 valence electrons. The minimum Gasteiger partial charge on any atom is -0.318 e. The van der Waals surface area contributed by atoms with Gasteiger partial charge in [0, 0.05) is 12.6 Å². The Bertz CT molecular complexity index is 337. The van der Waals surface area contributed by atoms with Crippen LogP contribution < -0.4 is 5.32 Å². The minimum atomic E-state index is 0.454. The third-order valence-electron chi connectivity index (χ3n) is 2.67. The zero-order valence-electron chi connectivity index (χ0n) is 8.06. The van der Waals surface area contributed by atoms with Crippen molar-refractivity contribution in [1.29, 1.82) is 0 Å². The first-order valence-electron chi connectivity index (χ1n) is 4.80. The summed E-state index contributed by atoms with van der Waals surface area (Å²) in [6.07, 6.45) is 3.46. The van der Waals surface area contributed by atoms with Crippen LogP contribution in [0, 0.1) is 0 Å². The van der Waals surface area contributed by atoms with Crippen molar-refractivity contribution < 1.29 is 0 Å². The zero-order chi connectivity index (χ0) is 10.1. The van der Waals surface area contributed by atoms with E-state index in [4.69, 9.17) is 11.6 Å². The third kappa shape index (κ3) is 1.71. The highest BCUT2D eigenvalue weighted by Crippen LogP contribution is 2.32. The number of imidazole rings is 1. The first-order valence-corrected chi connectivity index (χ1v) is 5.98. The quantitative estimate of drug-likeness (QED) is 0.900. The number of nitrogens with zero attached hydrogens (tertiary/aromatic N) is 2. The summed E-state index contributed by atoms with van der Waals surface area (Å²) in [6, 6.07) is 0.454. The van der Waals surface area contributed by atoms with Crippen LogP contribution in [0.1, 0.15) is 24.6 Å². The van der Waals surface area contributed by atoms with Crippen molar-refractivity contribution in [3.63, 3.8) is 0 Å². The van der Waals surface area contributed by atoms with Crippen molar-refractivity contribution in [3.8, 4) is 0 Å². The maximum absolute atomic E-state index is 6.09. The third-order valence-corrected chi connectivity index (χ3v) is 3.58. The monoisotopic (exact) mass is 277 g/mol. The van der Waals surface area contributed by atoms with Crippen LogP contribution in [-0.4, -0.2) is 23.1 Å². The second-order valence-corrected chi connectivity index (χ2v) is 4.68. The summed E-state index contributed by atoms with van der Waals surface area (Å²) < 4.78 is 3.05. The van der Waals surface area contributed by atoms with Crippen molar-refractivity contribution in [2.75, 3.05) is 13.6 Å². The van der Waals surface area contributed by atoms with Crippen molar-refractivity contribution in [1.82, 2.24) is 14.9 Å². The zero-order valence-corrected chi connectivity index (χ0v) is 10.4. The van der Waals surface area contributed by atoms with Crippen LogP contribution in [0.25, 0.3) is 0 Å². The first kappa shape index (κ1) is 10.5. The topological polar surface area (TPSA) is 29.9 Å². The molecular formula is C9H13BrClN3. The maximum Gasteiger partial charge on any atom is 0.204 e. The molecule has 0 fully saturated rings. The summed E-state index contributed by atoms with van der Waals surface area (Å²) >= 11 is 9.53. The predicted molar refractivity (Wildman–Crippen MR) is 60.8 cm³/mol. The van der Waals surface area contributed by atoms with Crippen LogP contribution in [0.2, 0.25) is 5.28 Å². The second kappa shape index (κ2) is 4.21. The molecule has 5 heteroatoms. The van der Waals surface area contributed by atoms with Gasteiger partial charge >= 0.3 is 0 Å². The van der Waals surface area contributed by atoms with Gasteiger partial charge in [-0.25, -0.2) is 4.98 Å².